The maximum absolute atomic E-state index is 12.3. The van der Waals surface area contributed by atoms with E-state index in [-0.39, 0.29) is 28.2 Å². The molecule has 3 aromatic rings. The molecule has 0 saturated heterocycles. The first-order chi connectivity index (χ1) is 18.8. The summed E-state index contributed by atoms with van der Waals surface area (Å²) in [5.41, 5.74) is 0.429. The standard InChI is InChI=1S/C33H42N2O4Si/c1-30(2,3)37-29(36)34-33-20-32(21-33,22-33)28-19-27(38-35-28)23-17-24(18-23)39-40(31(4,5)6,25-13-9-7-10-14-25)26-15-11-8-12-16-26/h7-16,19,23-24H,17-18,20-22H2,1-6H3,(H,34,36)/t23-,24+,32?,33?. The van der Waals surface area contributed by atoms with Gasteiger partial charge in [0, 0.05) is 29.0 Å². The van der Waals surface area contributed by atoms with Gasteiger partial charge in [0.2, 0.25) is 0 Å². The smallest absolute Gasteiger partial charge is 0.408 e. The fourth-order valence-corrected chi connectivity index (χ4v) is 12.0. The minimum absolute atomic E-state index is 0.0331. The van der Waals surface area contributed by atoms with Crippen LogP contribution in [0.25, 0.3) is 0 Å². The molecule has 6 nitrogen and oxygen atoms in total. The summed E-state index contributed by atoms with van der Waals surface area (Å²) in [6.45, 7) is 12.6. The molecule has 7 heteroatoms. The van der Waals surface area contributed by atoms with E-state index in [1.807, 2.05) is 20.8 Å². The normalized spacial score (nSPS) is 27.6. The average molecular weight is 559 g/mol. The lowest BCUT2D eigenvalue weighted by Crippen LogP contribution is -2.77. The van der Waals surface area contributed by atoms with Crippen LogP contribution in [0.4, 0.5) is 4.79 Å². The van der Waals surface area contributed by atoms with Crippen LogP contribution in [-0.4, -0.2) is 36.8 Å². The summed E-state index contributed by atoms with van der Waals surface area (Å²) in [5.74, 6) is 1.29. The summed E-state index contributed by atoms with van der Waals surface area (Å²) in [7, 11) is -2.56. The Morgan fingerprint density at radius 1 is 0.925 bits per heavy atom. The van der Waals surface area contributed by atoms with Crippen LogP contribution in [0.15, 0.2) is 71.3 Å². The van der Waals surface area contributed by atoms with Gasteiger partial charge in [0.15, 0.2) is 0 Å². The van der Waals surface area contributed by atoms with Crippen LogP contribution in [0, 0.1) is 0 Å². The van der Waals surface area contributed by atoms with Gasteiger partial charge in [0.05, 0.1) is 5.69 Å². The molecule has 1 N–H and O–H groups in total. The maximum Gasteiger partial charge on any atom is 0.408 e. The molecule has 0 radical (unpaired) electrons. The first kappa shape index (κ1) is 27.3. The predicted octanol–water partition coefficient (Wildman–Crippen LogP) is 6.20. The van der Waals surface area contributed by atoms with Gasteiger partial charge in [-0.05, 0) is 68.3 Å². The second-order valence-corrected chi connectivity index (χ2v) is 18.7. The first-order valence-corrected chi connectivity index (χ1v) is 16.5. The Hall–Kier alpha value is -2.90. The topological polar surface area (TPSA) is 73.6 Å². The minimum Gasteiger partial charge on any atom is -0.444 e. The van der Waals surface area contributed by atoms with Crippen molar-refractivity contribution in [3.05, 3.63) is 78.2 Å². The van der Waals surface area contributed by atoms with Gasteiger partial charge < -0.3 is 19.0 Å². The van der Waals surface area contributed by atoms with Gasteiger partial charge in [-0.25, -0.2) is 4.79 Å². The Bertz CT molecular complexity index is 1310. The molecule has 7 rings (SSSR count). The number of carbonyl (C=O) groups excluding carboxylic acids is 1. The summed E-state index contributed by atoms with van der Waals surface area (Å²) in [6, 6.07) is 23.8. The lowest BCUT2D eigenvalue weighted by atomic mass is 9.38. The fourth-order valence-electron chi connectivity index (χ4n) is 7.28. The van der Waals surface area contributed by atoms with Gasteiger partial charge >= 0.3 is 6.09 Å². The molecule has 4 saturated carbocycles. The second-order valence-electron chi connectivity index (χ2n) is 14.4. The summed E-state index contributed by atoms with van der Waals surface area (Å²) in [4.78, 5) is 12.3. The zero-order valence-corrected chi connectivity index (χ0v) is 25.6. The highest BCUT2D eigenvalue weighted by Crippen LogP contribution is 2.67. The third kappa shape index (κ3) is 4.61. The Morgan fingerprint density at radius 2 is 1.48 bits per heavy atom. The highest BCUT2D eigenvalue weighted by Gasteiger charge is 2.70. The van der Waals surface area contributed by atoms with Crippen LogP contribution in [-0.2, 0) is 14.6 Å². The Balaban J connectivity index is 1.12. The van der Waals surface area contributed by atoms with Crippen molar-refractivity contribution in [1.29, 1.82) is 0 Å². The molecular weight excluding hydrogens is 516 g/mol. The van der Waals surface area contributed by atoms with E-state index in [0.29, 0.717) is 5.92 Å². The van der Waals surface area contributed by atoms with E-state index in [2.05, 4.69) is 98.0 Å². The molecular formula is C33H42N2O4Si. The number of rotatable bonds is 7. The average Bonchev–Trinajstić information content (AvgIpc) is 3.28. The number of ether oxygens (including phenoxy) is 1. The third-order valence-electron chi connectivity index (χ3n) is 9.13. The molecule has 2 aromatic carbocycles. The number of amides is 1. The van der Waals surface area contributed by atoms with Crippen molar-refractivity contribution in [2.75, 3.05) is 0 Å². The number of carbonyl (C=O) groups is 1. The van der Waals surface area contributed by atoms with E-state index in [4.69, 9.17) is 13.7 Å². The lowest BCUT2D eigenvalue weighted by Gasteiger charge is -2.69. The maximum atomic E-state index is 12.3. The Kier molecular flexibility index (Phi) is 6.35. The molecule has 0 atom stereocenters. The van der Waals surface area contributed by atoms with E-state index in [9.17, 15) is 4.79 Å². The number of alkyl carbamates (subject to hydrolysis) is 1. The highest BCUT2D eigenvalue weighted by atomic mass is 28.4. The van der Waals surface area contributed by atoms with Crippen LogP contribution in [0.3, 0.4) is 0 Å². The molecule has 1 aromatic heterocycles. The molecule has 1 heterocycles. The van der Waals surface area contributed by atoms with Crippen molar-refractivity contribution in [3.8, 4) is 0 Å². The number of aromatic nitrogens is 1. The molecule has 0 unspecified atom stereocenters. The molecule has 4 aliphatic carbocycles. The van der Waals surface area contributed by atoms with Crippen molar-refractivity contribution in [2.24, 2.45) is 0 Å². The van der Waals surface area contributed by atoms with E-state index >= 15 is 0 Å². The molecule has 2 bridgehead atoms. The second kappa shape index (κ2) is 9.31. The van der Waals surface area contributed by atoms with Crippen molar-refractivity contribution < 1.29 is 18.5 Å². The quantitative estimate of drug-likeness (QED) is 0.350. The molecule has 1 amide bonds. The fraction of sp³-hybridized carbons (Fsp3) is 0.515. The van der Waals surface area contributed by atoms with Crippen molar-refractivity contribution >= 4 is 24.8 Å². The predicted molar refractivity (Wildman–Crippen MR) is 159 cm³/mol. The van der Waals surface area contributed by atoms with Gasteiger partial charge in [-0.2, -0.15) is 0 Å². The zero-order chi connectivity index (χ0) is 28.4. The van der Waals surface area contributed by atoms with Crippen molar-refractivity contribution in [2.45, 2.75) is 107 Å². The van der Waals surface area contributed by atoms with E-state index in [0.717, 1.165) is 43.6 Å². The molecule has 4 aliphatic rings. The zero-order valence-electron chi connectivity index (χ0n) is 24.6. The van der Waals surface area contributed by atoms with E-state index < -0.39 is 13.9 Å². The molecule has 212 valence electrons. The van der Waals surface area contributed by atoms with Crippen LogP contribution < -0.4 is 15.7 Å². The summed E-state index contributed by atoms with van der Waals surface area (Å²) < 4.78 is 18.6. The van der Waals surface area contributed by atoms with E-state index in [1.54, 1.807) is 0 Å². The lowest BCUT2D eigenvalue weighted by molar-refractivity contribution is -0.0920. The SMILES string of the molecule is CC(C)(C)OC(=O)NC12CC(c3cc([C@H]4C[C@@H](O[Si](c5ccccc5)(c5ccccc5)C(C)(C)C)C4)on3)(C1)C2. The first-order valence-electron chi connectivity index (χ1n) is 14.6. The monoisotopic (exact) mass is 558 g/mol. The van der Waals surface area contributed by atoms with Gasteiger partial charge in [-0.3, -0.25) is 0 Å². The van der Waals surface area contributed by atoms with Crippen LogP contribution >= 0.6 is 0 Å². The molecule has 0 spiro atoms. The van der Waals surface area contributed by atoms with Gasteiger partial charge in [-0.15, -0.1) is 0 Å². The summed E-state index contributed by atoms with van der Waals surface area (Å²) >= 11 is 0. The molecule has 4 fully saturated rings. The molecule has 0 aliphatic heterocycles. The van der Waals surface area contributed by atoms with Crippen molar-refractivity contribution in [3.63, 3.8) is 0 Å². The Morgan fingerprint density at radius 3 is 1.98 bits per heavy atom. The van der Waals surface area contributed by atoms with Crippen LogP contribution in [0.1, 0.15) is 91.0 Å². The number of nitrogens with one attached hydrogen (secondary N) is 1. The summed E-state index contributed by atoms with van der Waals surface area (Å²) in [6.07, 6.45) is 4.43. The third-order valence-corrected chi connectivity index (χ3v) is 14.2. The largest absolute Gasteiger partial charge is 0.444 e. The highest BCUT2D eigenvalue weighted by molar-refractivity contribution is 6.99. The van der Waals surface area contributed by atoms with Gasteiger partial charge in [0.25, 0.3) is 8.32 Å². The molecule has 40 heavy (non-hydrogen) atoms. The Labute approximate surface area is 239 Å². The number of hydrogen-bond donors (Lipinski definition) is 1. The number of nitrogens with zero attached hydrogens (tertiary/aromatic N) is 1. The summed E-state index contributed by atoms with van der Waals surface area (Å²) in [5, 5.41) is 10.2. The van der Waals surface area contributed by atoms with Crippen LogP contribution in [0.5, 0.6) is 0 Å². The number of hydrogen-bond acceptors (Lipinski definition) is 5. The minimum atomic E-state index is -2.56. The van der Waals surface area contributed by atoms with Gasteiger partial charge in [-0.1, -0.05) is 86.6 Å². The van der Waals surface area contributed by atoms with Gasteiger partial charge in [0.1, 0.15) is 11.4 Å². The van der Waals surface area contributed by atoms with Crippen LogP contribution in [0.2, 0.25) is 5.04 Å². The van der Waals surface area contributed by atoms with Crippen molar-refractivity contribution in [1.82, 2.24) is 10.5 Å². The number of benzene rings is 2. The van der Waals surface area contributed by atoms with E-state index in [1.165, 1.54) is 10.4 Å².